The topological polar surface area (TPSA) is 0 Å². The van der Waals surface area contributed by atoms with Crippen molar-refractivity contribution in [3.8, 4) is 0 Å². The molecule has 0 nitrogen and oxygen atoms in total. The number of hydrogen-bond acceptors (Lipinski definition) is 0. The SMILES string of the molecule is [Ga].[Ga].[La+3].[La+3].[S-2].[S-2].[S-2]. The Bertz CT molecular complexity index is 10.9. The van der Waals surface area contributed by atoms with E-state index in [1.807, 2.05) is 0 Å². The molecule has 0 bridgehead atoms. The molecule has 7 heteroatoms. The first-order chi connectivity index (χ1) is 0. The molecule has 0 rings (SSSR count). The van der Waals surface area contributed by atoms with Crippen molar-refractivity contribution < 1.29 is 71.2 Å². The Balaban J connectivity index is 0. The Morgan fingerprint density at radius 3 is 0.429 bits per heavy atom. The van der Waals surface area contributed by atoms with Gasteiger partial charge in [-0.2, -0.15) is 0 Å². The van der Waals surface area contributed by atoms with Gasteiger partial charge in [-0.05, 0) is 0 Å². The fourth-order valence-corrected chi connectivity index (χ4v) is 0. The Morgan fingerprint density at radius 1 is 0.429 bits per heavy atom. The van der Waals surface area contributed by atoms with Crippen LogP contribution in [0.1, 0.15) is 0 Å². The van der Waals surface area contributed by atoms with Crippen LogP contribution in [0, 0.1) is 71.2 Å². The molecule has 0 aliphatic rings. The summed E-state index contributed by atoms with van der Waals surface area (Å²) in [6.07, 6.45) is 0. The average Bonchev–Trinajstić information content (AvgIpc) is 0. The van der Waals surface area contributed by atoms with E-state index in [1.165, 1.54) is 0 Å². The molecular formula is Ga2La2S3. The van der Waals surface area contributed by atoms with E-state index in [4.69, 9.17) is 0 Å². The first-order valence-electron chi connectivity index (χ1n) is 0. The van der Waals surface area contributed by atoms with Crippen LogP contribution in [0.25, 0.3) is 0 Å². The molecule has 0 unspecified atom stereocenters. The molecule has 0 atom stereocenters. The molecule has 0 N–H and O–H groups in total. The fraction of sp³-hybridized carbons (Fsp3) is 0. The molecule has 7 heavy (non-hydrogen) atoms. The van der Waals surface area contributed by atoms with Gasteiger partial charge in [-0.1, -0.05) is 0 Å². The van der Waals surface area contributed by atoms with Crippen molar-refractivity contribution >= 4 is 80.1 Å². The van der Waals surface area contributed by atoms with E-state index in [-0.39, 0.29) is 151 Å². The molecule has 0 saturated carbocycles. The van der Waals surface area contributed by atoms with Crippen LogP contribution >= 0.6 is 0 Å². The van der Waals surface area contributed by atoms with Crippen LogP contribution in [0.5, 0.6) is 0 Å². The molecule has 0 spiro atoms. The normalized spacial score (nSPS) is 0. The van der Waals surface area contributed by atoms with Crippen molar-refractivity contribution in [3.63, 3.8) is 0 Å². The van der Waals surface area contributed by atoms with Gasteiger partial charge >= 0.3 is 71.2 Å². The molecule has 30 valence electrons. The van der Waals surface area contributed by atoms with Crippen LogP contribution in [-0.2, 0) is 40.5 Å². The molecule has 0 aliphatic heterocycles. The zero-order valence-electron chi connectivity index (χ0n) is 3.53. The van der Waals surface area contributed by atoms with E-state index in [2.05, 4.69) is 0 Å². The molecule has 0 aliphatic carbocycles. The minimum Gasteiger partial charge on any atom is -2.00 e. The van der Waals surface area contributed by atoms with Gasteiger partial charge in [-0.3, -0.25) is 0 Å². The van der Waals surface area contributed by atoms with Crippen molar-refractivity contribution in [1.82, 2.24) is 0 Å². The van der Waals surface area contributed by atoms with Crippen molar-refractivity contribution in [3.05, 3.63) is 0 Å². The van der Waals surface area contributed by atoms with E-state index < -0.39 is 0 Å². The van der Waals surface area contributed by atoms with E-state index in [0.29, 0.717) is 0 Å². The summed E-state index contributed by atoms with van der Waals surface area (Å²) >= 11 is 0. The van der Waals surface area contributed by atoms with Gasteiger partial charge in [0.15, 0.2) is 0 Å². The minimum absolute atomic E-state index is 0. The van der Waals surface area contributed by atoms with E-state index in [1.54, 1.807) is 0 Å². The summed E-state index contributed by atoms with van der Waals surface area (Å²) in [7, 11) is 0. The Morgan fingerprint density at radius 2 is 0.429 bits per heavy atom. The molecule has 0 aromatic carbocycles. The summed E-state index contributed by atoms with van der Waals surface area (Å²) in [6.45, 7) is 0. The first kappa shape index (κ1) is 60.5. The summed E-state index contributed by atoms with van der Waals surface area (Å²) in [5.74, 6) is 0. The second-order valence-corrected chi connectivity index (χ2v) is 0. The predicted octanol–water partition coefficient (Wildman–Crippen LogP) is -0.769. The Kier molecular flexibility index (Phi) is 393. The maximum Gasteiger partial charge on any atom is 3.00 e. The van der Waals surface area contributed by atoms with Gasteiger partial charge < -0.3 is 40.5 Å². The molecule has 0 saturated heterocycles. The van der Waals surface area contributed by atoms with Gasteiger partial charge in [0.2, 0.25) is 0 Å². The van der Waals surface area contributed by atoms with Crippen LogP contribution < -0.4 is 0 Å². The summed E-state index contributed by atoms with van der Waals surface area (Å²) < 4.78 is 0. The van der Waals surface area contributed by atoms with Gasteiger partial charge in [0.1, 0.15) is 0 Å². The van der Waals surface area contributed by atoms with Crippen LogP contribution in [0.3, 0.4) is 0 Å². The van der Waals surface area contributed by atoms with Crippen LogP contribution in [-0.4, -0.2) is 39.6 Å². The van der Waals surface area contributed by atoms with Crippen LogP contribution in [0.15, 0.2) is 0 Å². The Labute approximate surface area is 148 Å². The molecule has 0 fully saturated rings. The molecular weight excluding hydrogens is 513 g/mol. The molecule has 0 amide bonds. The van der Waals surface area contributed by atoms with Gasteiger partial charge in [0.05, 0.1) is 0 Å². The largest absolute Gasteiger partial charge is 3.00 e. The third-order valence-electron chi connectivity index (χ3n) is 0. The first-order valence-corrected chi connectivity index (χ1v) is 0. The second kappa shape index (κ2) is 45.5. The predicted molar refractivity (Wildman–Crippen MR) is 33.6 cm³/mol. The van der Waals surface area contributed by atoms with Gasteiger partial charge in [-0.15, -0.1) is 0 Å². The molecule has 0 heterocycles. The second-order valence-electron chi connectivity index (χ2n) is 0. The standard InChI is InChI=1S/2Ga.2La.3S/q;;2*+3;3*-2. The monoisotopic (exact) mass is 512 g/mol. The zero-order chi connectivity index (χ0) is 0. The number of rotatable bonds is 0. The van der Waals surface area contributed by atoms with Gasteiger partial charge in [0.25, 0.3) is 0 Å². The molecule has 0 aromatic heterocycles. The van der Waals surface area contributed by atoms with Crippen LogP contribution in [0.2, 0.25) is 0 Å². The van der Waals surface area contributed by atoms with E-state index in [0.717, 1.165) is 0 Å². The van der Waals surface area contributed by atoms with Crippen molar-refractivity contribution in [1.29, 1.82) is 0 Å². The van der Waals surface area contributed by atoms with Crippen molar-refractivity contribution in [2.75, 3.05) is 0 Å². The minimum atomic E-state index is 0. The third-order valence-corrected chi connectivity index (χ3v) is 0. The summed E-state index contributed by atoms with van der Waals surface area (Å²) in [5, 5.41) is 0. The van der Waals surface area contributed by atoms with Gasteiger partial charge in [0, 0.05) is 39.6 Å². The number of hydrogen-bond donors (Lipinski definition) is 0. The maximum atomic E-state index is 0. The smallest absolute Gasteiger partial charge is 2.00 e. The summed E-state index contributed by atoms with van der Waals surface area (Å²) in [4.78, 5) is 0. The van der Waals surface area contributed by atoms with Gasteiger partial charge in [-0.25, -0.2) is 0 Å². The quantitative estimate of drug-likeness (QED) is 0.374. The van der Waals surface area contributed by atoms with E-state index >= 15 is 0 Å². The average molecular weight is 513 g/mol. The van der Waals surface area contributed by atoms with Crippen molar-refractivity contribution in [2.24, 2.45) is 0 Å². The molecule has 6 radical (unpaired) electrons. The molecule has 0 aromatic rings. The van der Waals surface area contributed by atoms with Crippen LogP contribution in [0.4, 0.5) is 0 Å². The fourth-order valence-electron chi connectivity index (χ4n) is 0. The summed E-state index contributed by atoms with van der Waals surface area (Å²) in [5.41, 5.74) is 0. The third kappa shape index (κ3) is 36.6. The Hall–Kier alpha value is 4.71. The van der Waals surface area contributed by atoms with E-state index in [9.17, 15) is 0 Å². The zero-order valence-corrected chi connectivity index (χ0v) is 18.1. The van der Waals surface area contributed by atoms with Crippen molar-refractivity contribution in [2.45, 2.75) is 0 Å². The maximum absolute atomic E-state index is 0. The summed E-state index contributed by atoms with van der Waals surface area (Å²) in [6, 6.07) is 0.